The Labute approximate surface area is 193 Å². The highest BCUT2D eigenvalue weighted by molar-refractivity contribution is 6.34. The van der Waals surface area contributed by atoms with E-state index in [1.807, 2.05) is 37.3 Å². The average Bonchev–Trinajstić information content (AvgIpc) is 3.43. The van der Waals surface area contributed by atoms with Gasteiger partial charge in [0.15, 0.2) is 11.3 Å². The van der Waals surface area contributed by atoms with Gasteiger partial charge in [-0.05, 0) is 79.2 Å². The molecule has 7 heteroatoms. The maximum Gasteiger partial charge on any atom is 0.291 e. The number of fused-ring (bicyclic) bond motifs is 1. The number of aromatic nitrogens is 1. The maximum atomic E-state index is 12.8. The zero-order valence-corrected chi connectivity index (χ0v) is 18.4. The molecular weight excluding hydrogens is 447 g/mol. The van der Waals surface area contributed by atoms with Gasteiger partial charge < -0.3 is 14.2 Å². The van der Waals surface area contributed by atoms with Crippen LogP contribution < -0.4 is 5.32 Å². The predicted octanol–water partition coefficient (Wildman–Crippen LogP) is 7.62. The van der Waals surface area contributed by atoms with E-state index in [0.717, 1.165) is 16.6 Å². The number of nitrogens with one attached hydrogen (secondary N) is 1. The summed E-state index contributed by atoms with van der Waals surface area (Å²) in [6, 6.07) is 21.5. The van der Waals surface area contributed by atoms with Crippen molar-refractivity contribution in [3.05, 3.63) is 94.2 Å². The topological polar surface area (TPSA) is 68.3 Å². The van der Waals surface area contributed by atoms with Crippen molar-refractivity contribution in [2.45, 2.75) is 6.92 Å². The Morgan fingerprint density at radius 2 is 1.66 bits per heavy atom. The number of anilines is 1. The molecule has 1 amide bonds. The average molecular weight is 463 g/mol. The van der Waals surface area contributed by atoms with E-state index < -0.39 is 5.91 Å². The molecule has 5 aromatic rings. The molecule has 5 rings (SSSR count). The number of carbonyl (C=O) groups is 1. The van der Waals surface area contributed by atoms with Gasteiger partial charge in [0.2, 0.25) is 5.89 Å². The first-order chi connectivity index (χ1) is 15.5. The molecule has 0 unspecified atom stereocenters. The molecule has 0 aliphatic heterocycles. The van der Waals surface area contributed by atoms with Crippen LogP contribution in [-0.2, 0) is 0 Å². The number of hydrogen-bond donors (Lipinski definition) is 1. The largest absolute Gasteiger partial charge is 0.451 e. The first-order valence-electron chi connectivity index (χ1n) is 9.80. The highest BCUT2D eigenvalue weighted by Gasteiger charge is 2.16. The molecule has 32 heavy (non-hydrogen) atoms. The van der Waals surface area contributed by atoms with Crippen LogP contribution >= 0.6 is 23.2 Å². The summed E-state index contributed by atoms with van der Waals surface area (Å²) in [6.45, 7) is 2.00. The Hall–Kier alpha value is -3.54. The molecule has 2 heterocycles. The van der Waals surface area contributed by atoms with E-state index in [1.165, 1.54) is 0 Å². The lowest BCUT2D eigenvalue weighted by molar-refractivity contribution is 0.0997. The minimum absolute atomic E-state index is 0.161. The molecule has 0 aliphatic carbocycles. The summed E-state index contributed by atoms with van der Waals surface area (Å²) < 4.78 is 11.6. The van der Waals surface area contributed by atoms with Crippen LogP contribution in [-0.4, -0.2) is 10.9 Å². The van der Waals surface area contributed by atoms with Crippen molar-refractivity contribution >= 4 is 45.9 Å². The minimum Gasteiger partial charge on any atom is -0.451 e. The zero-order valence-electron chi connectivity index (χ0n) is 16.9. The molecule has 5 nitrogen and oxygen atoms in total. The number of rotatable bonds is 4. The molecule has 0 atom stereocenters. The Kier molecular flexibility index (Phi) is 5.21. The first-order valence-corrected chi connectivity index (χ1v) is 10.6. The van der Waals surface area contributed by atoms with E-state index >= 15 is 0 Å². The highest BCUT2D eigenvalue weighted by atomic mass is 35.5. The molecule has 0 radical (unpaired) electrons. The number of halogens is 2. The van der Waals surface area contributed by atoms with E-state index in [-0.39, 0.29) is 5.76 Å². The number of benzene rings is 3. The Morgan fingerprint density at radius 3 is 2.47 bits per heavy atom. The van der Waals surface area contributed by atoms with Gasteiger partial charge in [-0.1, -0.05) is 29.3 Å². The van der Waals surface area contributed by atoms with Gasteiger partial charge >= 0.3 is 0 Å². The third kappa shape index (κ3) is 4.00. The summed E-state index contributed by atoms with van der Waals surface area (Å²) >= 11 is 12.3. The second-order valence-corrected chi connectivity index (χ2v) is 8.15. The molecule has 0 aliphatic rings. The lowest BCUT2D eigenvalue weighted by Gasteiger charge is -2.07. The first kappa shape index (κ1) is 20.4. The lowest BCUT2D eigenvalue weighted by atomic mass is 10.2. The van der Waals surface area contributed by atoms with E-state index in [4.69, 9.17) is 32.0 Å². The van der Waals surface area contributed by atoms with Crippen LogP contribution in [0.3, 0.4) is 0 Å². The third-order valence-electron chi connectivity index (χ3n) is 4.96. The number of amides is 1. The lowest BCUT2D eigenvalue weighted by Crippen LogP contribution is -2.11. The van der Waals surface area contributed by atoms with Crippen molar-refractivity contribution in [1.82, 2.24) is 4.98 Å². The number of carbonyl (C=O) groups excluding carboxylic acids is 1. The molecule has 0 bridgehead atoms. The van der Waals surface area contributed by atoms with Crippen LogP contribution in [0.2, 0.25) is 10.0 Å². The Morgan fingerprint density at radius 1 is 0.875 bits per heavy atom. The SMILES string of the molecule is Cc1ccc2oc(-c3ccc(Cl)c(NC(=O)c4ccc(-c5ccc(Cl)cc5)o4)c3)nc2c1. The van der Waals surface area contributed by atoms with Gasteiger partial charge in [-0.3, -0.25) is 4.79 Å². The van der Waals surface area contributed by atoms with Crippen molar-refractivity contribution in [3.63, 3.8) is 0 Å². The standard InChI is InChI=1S/C25H16Cl2N2O3/c1-14-2-9-22-20(12-14)29-25(32-22)16-5-8-18(27)19(13-16)28-24(30)23-11-10-21(31-23)15-3-6-17(26)7-4-15/h2-13H,1H3,(H,28,30). The fourth-order valence-corrected chi connectivity index (χ4v) is 3.62. The fraction of sp³-hybridized carbons (Fsp3) is 0.0400. The smallest absolute Gasteiger partial charge is 0.291 e. The van der Waals surface area contributed by atoms with E-state index in [1.54, 1.807) is 42.5 Å². The third-order valence-corrected chi connectivity index (χ3v) is 5.54. The number of aryl methyl sites for hydroxylation is 1. The fourth-order valence-electron chi connectivity index (χ4n) is 3.33. The molecule has 0 saturated carbocycles. The van der Waals surface area contributed by atoms with Crippen LogP contribution in [0, 0.1) is 6.92 Å². The summed E-state index contributed by atoms with van der Waals surface area (Å²) in [5, 5.41) is 3.81. The van der Waals surface area contributed by atoms with Gasteiger partial charge in [0.25, 0.3) is 5.91 Å². The van der Waals surface area contributed by atoms with Crippen molar-refractivity contribution in [1.29, 1.82) is 0 Å². The van der Waals surface area contributed by atoms with Gasteiger partial charge in [-0.25, -0.2) is 4.98 Å². The van der Waals surface area contributed by atoms with Crippen LogP contribution in [0.5, 0.6) is 0 Å². The van der Waals surface area contributed by atoms with Crippen molar-refractivity contribution in [3.8, 4) is 22.8 Å². The van der Waals surface area contributed by atoms with E-state index in [9.17, 15) is 4.79 Å². The van der Waals surface area contributed by atoms with Gasteiger partial charge in [-0.15, -0.1) is 0 Å². The van der Waals surface area contributed by atoms with Crippen molar-refractivity contribution in [2.75, 3.05) is 5.32 Å². The van der Waals surface area contributed by atoms with Gasteiger partial charge in [-0.2, -0.15) is 0 Å². The van der Waals surface area contributed by atoms with Crippen molar-refractivity contribution < 1.29 is 13.6 Å². The molecule has 0 saturated heterocycles. The number of oxazole rings is 1. The van der Waals surface area contributed by atoms with Crippen LogP contribution in [0.4, 0.5) is 5.69 Å². The second kappa shape index (κ2) is 8.19. The van der Waals surface area contributed by atoms with Gasteiger partial charge in [0.1, 0.15) is 11.3 Å². The quantitative estimate of drug-likeness (QED) is 0.298. The van der Waals surface area contributed by atoms with E-state index in [0.29, 0.717) is 38.5 Å². The monoisotopic (exact) mass is 462 g/mol. The molecule has 2 aromatic heterocycles. The molecule has 158 valence electrons. The van der Waals surface area contributed by atoms with Crippen LogP contribution in [0.1, 0.15) is 16.1 Å². The molecule has 3 aromatic carbocycles. The molecule has 1 N–H and O–H groups in total. The summed E-state index contributed by atoms with van der Waals surface area (Å²) in [4.78, 5) is 17.3. The van der Waals surface area contributed by atoms with Gasteiger partial charge in [0, 0.05) is 16.1 Å². The second-order valence-electron chi connectivity index (χ2n) is 7.31. The summed E-state index contributed by atoms with van der Waals surface area (Å²) in [5.41, 5.74) is 4.50. The Bertz CT molecular complexity index is 1450. The van der Waals surface area contributed by atoms with Crippen LogP contribution in [0.15, 0.2) is 81.6 Å². The summed E-state index contributed by atoms with van der Waals surface area (Å²) in [6.07, 6.45) is 0. The molecule has 0 spiro atoms. The predicted molar refractivity (Wildman–Crippen MR) is 126 cm³/mol. The minimum atomic E-state index is -0.419. The molecule has 0 fully saturated rings. The Balaban J connectivity index is 1.40. The van der Waals surface area contributed by atoms with E-state index in [2.05, 4.69) is 10.3 Å². The number of hydrogen-bond acceptors (Lipinski definition) is 4. The number of nitrogens with zero attached hydrogens (tertiary/aromatic N) is 1. The summed E-state index contributed by atoms with van der Waals surface area (Å²) in [7, 11) is 0. The summed E-state index contributed by atoms with van der Waals surface area (Å²) in [5.74, 6) is 0.750. The normalized spacial score (nSPS) is 11.1. The van der Waals surface area contributed by atoms with Gasteiger partial charge in [0.05, 0.1) is 10.7 Å². The van der Waals surface area contributed by atoms with Crippen molar-refractivity contribution in [2.24, 2.45) is 0 Å². The molecular formula is C25H16Cl2N2O3. The highest BCUT2D eigenvalue weighted by Crippen LogP contribution is 2.31. The zero-order chi connectivity index (χ0) is 22.2. The number of furan rings is 1. The maximum absolute atomic E-state index is 12.8. The van der Waals surface area contributed by atoms with Crippen LogP contribution in [0.25, 0.3) is 33.9 Å².